The average molecular weight is 282 g/mol. The van der Waals surface area contributed by atoms with Crippen LogP contribution in [0.2, 0.25) is 0 Å². The maximum atomic E-state index is 11.6. The van der Waals surface area contributed by atoms with Crippen LogP contribution in [-0.2, 0) is 14.3 Å². The van der Waals surface area contributed by atoms with E-state index in [2.05, 4.69) is 10.6 Å². The second kappa shape index (κ2) is 8.25. The normalized spacial score (nSPS) is 23.5. The molecule has 1 saturated carbocycles. The van der Waals surface area contributed by atoms with Gasteiger partial charge in [-0.1, -0.05) is 32.1 Å². The topological polar surface area (TPSA) is 67.4 Å². The molecule has 2 fully saturated rings. The molecule has 2 rings (SSSR count). The average Bonchev–Trinajstić information content (AvgIpc) is 2.99. The first-order valence-corrected chi connectivity index (χ1v) is 7.93. The lowest BCUT2D eigenvalue weighted by Gasteiger charge is -2.21. The Bertz CT molecular complexity index is 321. The summed E-state index contributed by atoms with van der Waals surface area (Å²) in [6.45, 7) is 1.81. The quantitative estimate of drug-likeness (QED) is 0.748. The van der Waals surface area contributed by atoms with Gasteiger partial charge >= 0.3 is 11.8 Å². The van der Waals surface area contributed by atoms with E-state index in [1.807, 2.05) is 0 Å². The van der Waals surface area contributed by atoms with E-state index in [1.54, 1.807) is 0 Å². The molecule has 1 saturated heterocycles. The summed E-state index contributed by atoms with van der Waals surface area (Å²) in [6.07, 6.45) is 9.55. The summed E-state index contributed by atoms with van der Waals surface area (Å²) in [6, 6.07) is 0. The number of rotatable bonds is 5. The molecule has 114 valence electrons. The molecule has 0 aromatic heterocycles. The van der Waals surface area contributed by atoms with Gasteiger partial charge in [-0.2, -0.15) is 0 Å². The SMILES string of the molecule is O=C(NCCC1CCCCC1)C(=O)NCC1CCCO1. The van der Waals surface area contributed by atoms with E-state index in [-0.39, 0.29) is 6.10 Å². The van der Waals surface area contributed by atoms with Gasteiger partial charge < -0.3 is 15.4 Å². The lowest BCUT2D eigenvalue weighted by atomic mass is 9.87. The first-order chi connectivity index (χ1) is 9.75. The van der Waals surface area contributed by atoms with Crippen LogP contribution < -0.4 is 10.6 Å². The third-order valence-corrected chi connectivity index (χ3v) is 4.28. The van der Waals surface area contributed by atoms with E-state index in [0.29, 0.717) is 13.1 Å². The molecule has 1 aliphatic heterocycles. The molecule has 2 aliphatic rings. The standard InChI is InChI=1S/C15H26N2O3/c18-14(15(19)17-11-13-7-4-10-20-13)16-9-8-12-5-2-1-3-6-12/h12-13H,1-11H2,(H,16,18)(H,17,19). The van der Waals surface area contributed by atoms with Crippen LogP contribution in [0.4, 0.5) is 0 Å². The van der Waals surface area contributed by atoms with E-state index in [1.165, 1.54) is 32.1 Å². The first-order valence-electron chi connectivity index (χ1n) is 7.93. The Morgan fingerprint density at radius 1 is 0.950 bits per heavy atom. The van der Waals surface area contributed by atoms with Crippen LogP contribution in [0.5, 0.6) is 0 Å². The number of nitrogens with one attached hydrogen (secondary N) is 2. The number of hydrogen-bond donors (Lipinski definition) is 2. The van der Waals surface area contributed by atoms with Crippen molar-refractivity contribution in [3.05, 3.63) is 0 Å². The minimum absolute atomic E-state index is 0.0778. The monoisotopic (exact) mass is 282 g/mol. The maximum absolute atomic E-state index is 11.6. The van der Waals surface area contributed by atoms with Gasteiger partial charge in [0.15, 0.2) is 0 Å². The van der Waals surface area contributed by atoms with Crippen molar-refractivity contribution >= 4 is 11.8 Å². The Balaban J connectivity index is 1.54. The smallest absolute Gasteiger partial charge is 0.309 e. The molecule has 0 spiro atoms. The van der Waals surface area contributed by atoms with Crippen molar-refractivity contribution in [3.8, 4) is 0 Å². The summed E-state index contributed by atoms with van der Waals surface area (Å²) in [5.74, 6) is -0.332. The summed E-state index contributed by atoms with van der Waals surface area (Å²) in [7, 11) is 0. The molecule has 5 heteroatoms. The Morgan fingerprint density at radius 3 is 2.40 bits per heavy atom. The van der Waals surface area contributed by atoms with Crippen molar-refractivity contribution in [1.82, 2.24) is 10.6 Å². The Labute approximate surface area is 120 Å². The fraction of sp³-hybridized carbons (Fsp3) is 0.867. The molecule has 5 nitrogen and oxygen atoms in total. The van der Waals surface area contributed by atoms with Gasteiger partial charge in [-0.3, -0.25) is 9.59 Å². The highest BCUT2D eigenvalue weighted by Crippen LogP contribution is 2.25. The number of carbonyl (C=O) groups is 2. The van der Waals surface area contributed by atoms with Crippen molar-refractivity contribution in [2.24, 2.45) is 5.92 Å². The molecule has 2 N–H and O–H groups in total. The highest BCUT2D eigenvalue weighted by molar-refractivity contribution is 6.35. The van der Waals surface area contributed by atoms with Gasteiger partial charge in [0.25, 0.3) is 0 Å². The Hall–Kier alpha value is -1.10. The van der Waals surface area contributed by atoms with Crippen molar-refractivity contribution in [2.75, 3.05) is 19.7 Å². The first kappa shape index (κ1) is 15.3. The molecule has 1 unspecified atom stereocenters. The predicted molar refractivity (Wildman–Crippen MR) is 76.2 cm³/mol. The third kappa shape index (κ3) is 5.12. The van der Waals surface area contributed by atoms with Crippen LogP contribution in [0.25, 0.3) is 0 Å². The number of hydrogen-bond acceptors (Lipinski definition) is 3. The van der Waals surface area contributed by atoms with Crippen molar-refractivity contribution < 1.29 is 14.3 Å². The molecule has 2 amide bonds. The number of amides is 2. The third-order valence-electron chi connectivity index (χ3n) is 4.28. The molecular formula is C15H26N2O3. The zero-order chi connectivity index (χ0) is 14.2. The minimum atomic E-state index is -0.538. The molecule has 1 aliphatic carbocycles. The van der Waals surface area contributed by atoms with Gasteiger partial charge in [-0.05, 0) is 25.2 Å². The lowest BCUT2D eigenvalue weighted by molar-refractivity contribution is -0.139. The second-order valence-corrected chi connectivity index (χ2v) is 5.89. The van der Waals surface area contributed by atoms with Crippen LogP contribution in [0.1, 0.15) is 51.4 Å². The molecule has 20 heavy (non-hydrogen) atoms. The molecular weight excluding hydrogens is 256 g/mol. The summed E-state index contributed by atoms with van der Waals surface area (Å²) >= 11 is 0. The van der Waals surface area contributed by atoms with E-state index in [0.717, 1.165) is 31.8 Å². The fourth-order valence-electron chi connectivity index (χ4n) is 3.04. The molecule has 0 radical (unpaired) electrons. The maximum Gasteiger partial charge on any atom is 0.309 e. The lowest BCUT2D eigenvalue weighted by Crippen LogP contribution is -2.43. The molecule has 0 aromatic carbocycles. The fourth-order valence-corrected chi connectivity index (χ4v) is 3.04. The van der Waals surface area contributed by atoms with Crippen molar-refractivity contribution in [1.29, 1.82) is 0 Å². The zero-order valence-electron chi connectivity index (χ0n) is 12.2. The molecule has 0 aromatic rings. The van der Waals surface area contributed by atoms with Crippen molar-refractivity contribution in [2.45, 2.75) is 57.5 Å². The minimum Gasteiger partial charge on any atom is -0.376 e. The van der Waals surface area contributed by atoms with E-state index in [4.69, 9.17) is 4.74 Å². The Kier molecular flexibility index (Phi) is 6.30. The van der Waals surface area contributed by atoms with Crippen LogP contribution in [-0.4, -0.2) is 37.6 Å². The molecule has 0 bridgehead atoms. The van der Waals surface area contributed by atoms with Gasteiger partial charge in [-0.15, -0.1) is 0 Å². The van der Waals surface area contributed by atoms with Crippen LogP contribution in [0, 0.1) is 5.92 Å². The second-order valence-electron chi connectivity index (χ2n) is 5.89. The summed E-state index contributed by atoms with van der Waals surface area (Å²) in [5, 5.41) is 5.35. The highest BCUT2D eigenvalue weighted by atomic mass is 16.5. The van der Waals surface area contributed by atoms with E-state index < -0.39 is 11.8 Å². The van der Waals surface area contributed by atoms with Crippen molar-refractivity contribution in [3.63, 3.8) is 0 Å². The predicted octanol–water partition coefficient (Wildman–Crippen LogP) is 1.37. The van der Waals surface area contributed by atoms with Crippen LogP contribution in [0.15, 0.2) is 0 Å². The Morgan fingerprint density at radius 2 is 1.70 bits per heavy atom. The molecule has 1 heterocycles. The zero-order valence-corrected chi connectivity index (χ0v) is 12.2. The number of carbonyl (C=O) groups excluding carboxylic acids is 2. The summed E-state index contributed by atoms with van der Waals surface area (Å²) < 4.78 is 5.40. The van der Waals surface area contributed by atoms with Gasteiger partial charge in [0.2, 0.25) is 0 Å². The van der Waals surface area contributed by atoms with Gasteiger partial charge in [0.05, 0.1) is 6.10 Å². The van der Waals surface area contributed by atoms with Crippen LogP contribution in [0.3, 0.4) is 0 Å². The summed E-state index contributed by atoms with van der Waals surface area (Å²) in [4.78, 5) is 23.2. The van der Waals surface area contributed by atoms with Gasteiger partial charge in [0.1, 0.15) is 0 Å². The van der Waals surface area contributed by atoms with E-state index >= 15 is 0 Å². The van der Waals surface area contributed by atoms with E-state index in [9.17, 15) is 9.59 Å². The summed E-state index contributed by atoms with van der Waals surface area (Å²) in [5.41, 5.74) is 0. The highest BCUT2D eigenvalue weighted by Gasteiger charge is 2.19. The number of ether oxygens (including phenoxy) is 1. The van der Waals surface area contributed by atoms with Crippen LogP contribution >= 0.6 is 0 Å². The van der Waals surface area contributed by atoms with Gasteiger partial charge in [-0.25, -0.2) is 0 Å². The largest absolute Gasteiger partial charge is 0.376 e. The molecule has 1 atom stereocenters. The van der Waals surface area contributed by atoms with Gasteiger partial charge in [0, 0.05) is 19.7 Å².